The molecule has 2 rings (SSSR count). The van der Waals surface area contributed by atoms with Crippen LogP contribution in [0.4, 0.5) is 13.2 Å². The van der Waals surface area contributed by atoms with E-state index in [-0.39, 0.29) is 15.9 Å². The van der Waals surface area contributed by atoms with E-state index >= 15 is 0 Å². The van der Waals surface area contributed by atoms with Gasteiger partial charge in [-0.05, 0) is 29.7 Å². The third-order valence-electron chi connectivity index (χ3n) is 3.86. The van der Waals surface area contributed by atoms with E-state index in [2.05, 4.69) is 0 Å². The van der Waals surface area contributed by atoms with Gasteiger partial charge in [-0.3, -0.25) is 4.79 Å². The first-order valence-corrected chi connectivity index (χ1v) is 9.41. The number of hydrogen-bond acceptors (Lipinski definition) is 4. The second-order valence-electron chi connectivity index (χ2n) is 5.63. The van der Waals surface area contributed by atoms with Crippen molar-refractivity contribution in [3.8, 4) is 0 Å². The van der Waals surface area contributed by atoms with Crippen LogP contribution in [0.5, 0.6) is 0 Å². The van der Waals surface area contributed by atoms with Crippen molar-refractivity contribution in [1.29, 1.82) is 0 Å². The average Bonchev–Trinajstić information content (AvgIpc) is 2.84. The molecule has 0 bridgehead atoms. The van der Waals surface area contributed by atoms with Crippen molar-refractivity contribution in [3.05, 3.63) is 34.3 Å². The number of sulfonamides is 1. The van der Waals surface area contributed by atoms with Gasteiger partial charge in [0.15, 0.2) is 0 Å². The molecule has 0 saturated carbocycles. The molecule has 5 nitrogen and oxygen atoms in total. The van der Waals surface area contributed by atoms with Gasteiger partial charge >= 0.3 is 21.5 Å². The van der Waals surface area contributed by atoms with Crippen LogP contribution in [0.1, 0.15) is 43.4 Å². The van der Waals surface area contributed by atoms with Crippen LogP contribution in [0.2, 0.25) is 5.02 Å². The molecule has 1 atom stereocenters. The molecule has 0 radical (unpaired) electrons. The molecule has 0 N–H and O–H groups in total. The smallest absolute Gasteiger partial charge is 0.466 e. The zero-order valence-corrected chi connectivity index (χ0v) is 14.9. The van der Waals surface area contributed by atoms with Gasteiger partial charge in [-0.15, -0.1) is 0 Å². The number of ether oxygens (including phenoxy) is 1. The first kappa shape index (κ1) is 20.0. The Labute approximate surface area is 148 Å². The molecule has 0 spiro atoms. The standard InChI is InChI=1S/C15H17ClF3NO4S/c1-2-3-6-24-14(21)8-13-12-5-4-11(16)7-10(12)9-20(13)25(22,23)15(17,18)19/h4-5,7,13H,2-3,6,8-9H2,1H3. The molecule has 0 saturated heterocycles. The maximum atomic E-state index is 13.0. The zero-order chi connectivity index (χ0) is 18.8. The molecule has 1 aromatic carbocycles. The van der Waals surface area contributed by atoms with Crippen LogP contribution in [0.15, 0.2) is 18.2 Å². The Morgan fingerprint density at radius 3 is 2.68 bits per heavy atom. The van der Waals surface area contributed by atoms with Crippen molar-refractivity contribution in [2.24, 2.45) is 0 Å². The number of fused-ring (bicyclic) bond motifs is 1. The number of benzene rings is 1. The van der Waals surface area contributed by atoms with Gasteiger partial charge in [0.1, 0.15) is 0 Å². The van der Waals surface area contributed by atoms with E-state index in [4.69, 9.17) is 16.3 Å². The number of halogens is 4. The molecule has 0 fully saturated rings. The minimum Gasteiger partial charge on any atom is -0.466 e. The lowest BCUT2D eigenvalue weighted by Crippen LogP contribution is -2.40. The number of esters is 1. The Bertz CT molecular complexity index is 752. The Kier molecular flexibility index (Phi) is 6.01. The second-order valence-corrected chi connectivity index (χ2v) is 7.95. The Morgan fingerprint density at radius 2 is 2.08 bits per heavy atom. The molecule has 1 aliphatic rings. The summed E-state index contributed by atoms with van der Waals surface area (Å²) in [7, 11) is -5.59. The summed E-state index contributed by atoms with van der Waals surface area (Å²) in [5.74, 6) is -0.747. The lowest BCUT2D eigenvalue weighted by Gasteiger charge is -2.24. The highest BCUT2D eigenvalue weighted by atomic mass is 35.5. The highest BCUT2D eigenvalue weighted by Crippen LogP contribution is 2.43. The summed E-state index contributed by atoms with van der Waals surface area (Å²) in [6, 6.07) is 3.01. The Balaban J connectivity index is 2.32. The summed E-state index contributed by atoms with van der Waals surface area (Å²) >= 11 is 5.83. The van der Waals surface area contributed by atoms with Crippen LogP contribution >= 0.6 is 11.6 Å². The molecule has 25 heavy (non-hydrogen) atoms. The van der Waals surface area contributed by atoms with Gasteiger partial charge in [0, 0.05) is 11.6 Å². The fraction of sp³-hybridized carbons (Fsp3) is 0.533. The van der Waals surface area contributed by atoms with E-state index in [1.807, 2.05) is 6.92 Å². The number of alkyl halides is 3. The van der Waals surface area contributed by atoms with Gasteiger partial charge in [0.2, 0.25) is 0 Å². The minimum absolute atomic E-state index is 0.140. The number of rotatable bonds is 6. The number of carbonyl (C=O) groups is 1. The molecule has 0 aromatic heterocycles. The molecular formula is C15H17ClF3NO4S. The van der Waals surface area contributed by atoms with Gasteiger partial charge in [-0.2, -0.15) is 17.5 Å². The lowest BCUT2D eigenvalue weighted by atomic mass is 10.0. The minimum atomic E-state index is -5.59. The third kappa shape index (κ3) is 4.27. The monoisotopic (exact) mass is 399 g/mol. The van der Waals surface area contributed by atoms with Crippen molar-refractivity contribution in [1.82, 2.24) is 4.31 Å². The van der Waals surface area contributed by atoms with Crippen molar-refractivity contribution < 1.29 is 31.1 Å². The molecule has 1 heterocycles. The zero-order valence-electron chi connectivity index (χ0n) is 13.3. The quantitative estimate of drug-likeness (QED) is 0.539. The van der Waals surface area contributed by atoms with Crippen LogP contribution in [-0.4, -0.2) is 30.8 Å². The topological polar surface area (TPSA) is 63.7 Å². The maximum Gasteiger partial charge on any atom is 0.511 e. The van der Waals surface area contributed by atoms with Gasteiger partial charge < -0.3 is 4.74 Å². The number of unbranched alkanes of at least 4 members (excludes halogenated alkanes) is 1. The fourth-order valence-corrected chi connectivity index (χ4v) is 3.91. The van der Waals surface area contributed by atoms with Gasteiger partial charge in [-0.1, -0.05) is 31.0 Å². The van der Waals surface area contributed by atoms with Gasteiger partial charge in [0.05, 0.1) is 19.1 Å². The van der Waals surface area contributed by atoms with E-state index in [9.17, 15) is 26.4 Å². The molecule has 1 aromatic rings. The second kappa shape index (κ2) is 7.51. The van der Waals surface area contributed by atoms with E-state index < -0.39 is 40.5 Å². The number of nitrogens with zero attached hydrogens (tertiary/aromatic N) is 1. The molecule has 0 aliphatic carbocycles. The first-order valence-electron chi connectivity index (χ1n) is 7.60. The molecule has 140 valence electrons. The molecule has 1 aliphatic heterocycles. The highest BCUT2D eigenvalue weighted by Gasteiger charge is 2.54. The Morgan fingerprint density at radius 1 is 1.40 bits per heavy atom. The van der Waals surface area contributed by atoms with E-state index in [1.54, 1.807) is 0 Å². The summed E-state index contributed by atoms with van der Waals surface area (Å²) in [5, 5.41) is 0.272. The average molecular weight is 400 g/mol. The number of carbonyl (C=O) groups excluding carboxylic acids is 1. The largest absolute Gasteiger partial charge is 0.511 e. The fourth-order valence-electron chi connectivity index (χ4n) is 2.61. The highest BCUT2D eigenvalue weighted by molar-refractivity contribution is 7.90. The van der Waals surface area contributed by atoms with Crippen LogP contribution in [0, 0.1) is 0 Å². The summed E-state index contributed by atoms with van der Waals surface area (Å²) in [4.78, 5) is 11.9. The molecule has 1 unspecified atom stereocenters. The SMILES string of the molecule is CCCCOC(=O)CC1c2ccc(Cl)cc2CN1S(=O)(=O)C(F)(F)F. The molecule has 10 heteroatoms. The van der Waals surface area contributed by atoms with Crippen molar-refractivity contribution in [2.45, 2.75) is 44.3 Å². The van der Waals surface area contributed by atoms with Crippen LogP contribution < -0.4 is 0 Å². The maximum absolute atomic E-state index is 13.0. The van der Waals surface area contributed by atoms with Crippen LogP contribution in [0.3, 0.4) is 0 Å². The lowest BCUT2D eigenvalue weighted by molar-refractivity contribution is -0.144. The molecular weight excluding hydrogens is 383 g/mol. The predicted octanol–water partition coefficient (Wildman–Crippen LogP) is 3.78. The van der Waals surface area contributed by atoms with Crippen molar-refractivity contribution in [3.63, 3.8) is 0 Å². The summed E-state index contributed by atoms with van der Waals surface area (Å²) in [6.07, 6.45) is 0.910. The Hall–Kier alpha value is -1.32. The van der Waals surface area contributed by atoms with Gasteiger partial charge in [0.25, 0.3) is 0 Å². The van der Waals surface area contributed by atoms with Crippen molar-refractivity contribution >= 4 is 27.6 Å². The van der Waals surface area contributed by atoms with E-state index in [0.29, 0.717) is 17.5 Å². The summed E-state index contributed by atoms with van der Waals surface area (Å²) < 4.78 is 67.9. The predicted molar refractivity (Wildman–Crippen MR) is 85.2 cm³/mol. The molecule has 0 amide bonds. The van der Waals surface area contributed by atoms with E-state index in [0.717, 1.165) is 6.42 Å². The first-order chi connectivity index (χ1) is 11.6. The summed E-state index contributed by atoms with van der Waals surface area (Å²) in [5.41, 5.74) is -4.79. The van der Waals surface area contributed by atoms with Crippen LogP contribution in [-0.2, 0) is 26.1 Å². The number of hydrogen-bond donors (Lipinski definition) is 0. The normalized spacial score (nSPS) is 18.2. The van der Waals surface area contributed by atoms with E-state index in [1.165, 1.54) is 18.2 Å². The van der Waals surface area contributed by atoms with Crippen LogP contribution in [0.25, 0.3) is 0 Å². The summed E-state index contributed by atoms with van der Waals surface area (Å²) in [6.45, 7) is 1.54. The van der Waals surface area contributed by atoms with Gasteiger partial charge in [-0.25, -0.2) is 8.42 Å². The third-order valence-corrected chi connectivity index (χ3v) is 5.68. The van der Waals surface area contributed by atoms with Crippen molar-refractivity contribution in [2.75, 3.05) is 6.61 Å².